The summed E-state index contributed by atoms with van der Waals surface area (Å²) >= 11 is 1.89. The van der Waals surface area contributed by atoms with Crippen LogP contribution in [0, 0.1) is 13.8 Å². The molecule has 0 saturated carbocycles. The molecule has 0 amide bonds. The Morgan fingerprint density at radius 2 is 0.841 bits per heavy atom. The number of aryl methyl sites for hydroxylation is 2. The third-order valence-corrected chi connectivity index (χ3v) is 66.1. The van der Waals surface area contributed by atoms with Gasteiger partial charge in [0.1, 0.15) is 0 Å². The third kappa shape index (κ3) is 10.1. The Kier molecular flexibility index (Phi) is 14.6. The first kappa shape index (κ1) is 38.4. The van der Waals surface area contributed by atoms with Crippen molar-refractivity contribution >= 4 is 41.2 Å². The Hall–Kier alpha value is -1.79. The molecule has 0 bridgehead atoms. The van der Waals surface area contributed by atoms with E-state index in [2.05, 4.69) is 174 Å². The van der Waals surface area contributed by atoms with Gasteiger partial charge in [-0.3, -0.25) is 0 Å². The van der Waals surface area contributed by atoms with Crippen LogP contribution >= 0.6 is 0 Å². The second kappa shape index (κ2) is 16.7. The molecule has 6 heteroatoms. The molecule has 0 spiro atoms. The molecule has 0 fully saturated rings. The van der Waals surface area contributed by atoms with E-state index in [1.165, 1.54) is 54.9 Å². The summed E-state index contributed by atoms with van der Waals surface area (Å²) in [5, 5.41) is 5.37. The molecule has 0 atom stereocenters. The van der Waals surface area contributed by atoms with Gasteiger partial charge in [-0.05, 0) is 11.1 Å². The zero-order valence-corrected chi connectivity index (χ0v) is 34.3. The molecule has 6 rings (SSSR count). The molecule has 0 heterocycles. The molecule has 0 nitrogen and oxygen atoms in total. The number of halogens is 2. The molecular weight excluding hydrogens is 703 g/mol. The van der Waals surface area contributed by atoms with E-state index < -0.39 is 15.2 Å². The molecule has 228 valence electrons. The summed E-state index contributed by atoms with van der Waals surface area (Å²) < 4.78 is 0.147. The van der Waals surface area contributed by atoms with Gasteiger partial charge in [0, 0.05) is 0 Å². The summed E-state index contributed by atoms with van der Waals surface area (Å²) in [5.74, 6) is 0. The van der Waals surface area contributed by atoms with Crippen LogP contribution in [0.15, 0.2) is 121 Å². The van der Waals surface area contributed by atoms with E-state index in [1.807, 2.05) is 23.3 Å². The Bertz CT molecular complexity index is 1640. The van der Waals surface area contributed by atoms with Gasteiger partial charge in [-0.15, -0.1) is 69.1 Å². The average Bonchev–Trinajstić information content (AvgIpc) is 3.53. The zero-order chi connectivity index (χ0) is 30.5. The smallest absolute Gasteiger partial charge is 0.0279 e. The minimum Gasteiger partial charge on any atom is -1.00 e. The van der Waals surface area contributed by atoms with Crippen LogP contribution in [0.3, 0.4) is 0 Å². The van der Waals surface area contributed by atoms with Gasteiger partial charge in [0.05, 0.1) is 0 Å². The first-order chi connectivity index (χ1) is 19.8. The summed E-state index contributed by atoms with van der Waals surface area (Å²) in [6.45, 7) is 19.6. The first-order valence-electron chi connectivity index (χ1n) is 14.9. The summed E-state index contributed by atoms with van der Waals surface area (Å²) in [7, 11) is -1.38. The largest absolute Gasteiger partial charge is 1.00 e. The van der Waals surface area contributed by atoms with Crippen LogP contribution in [-0.2, 0) is 23.3 Å². The molecule has 44 heavy (non-hydrogen) atoms. The molecule has 0 N–H and O–H groups in total. The SMILES string of the molecule is C[Si](C)(C)[Si](=[Zr+2])[Si](C)(C)C.Cc1cc2c(-c3ccccc3)cccc2[cH-]1.Cc1cc2c(-c3ccccc3)cccc2[cH-]1.[Cl-].[Cl-]. The van der Waals surface area contributed by atoms with E-state index >= 15 is 0 Å². The first-order valence-corrected chi connectivity index (χ1v) is 29.1. The van der Waals surface area contributed by atoms with Crippen molar-refractivity contribution in [2.75, 3.05) is 0 Å². The molecule has 0 aliphatic rings. The van der Waals surface area contributed by atoms with Crippen LogP contribution in [0.4, 0.5) is 0 Å². The van der Waals surface area contributed by atoms with Crippen molar-refractivity contribution in [2.45, 2.75) is 53.1 Å². The molecule has 6 aromatic rings. The molecule has 0 radical (unpaired) electrons. The van der Waals surface area contributed by atoms with Crippen LogP contribution < -0.4 is 24.8 Å². The Balaban J connectivity index is 0.000000233. The van der Waals surface area contributed by atoms with Gasteiger partial charge in [0.25, 0.3) is 0 Å². The van der Waals surface area contributed by atoms with E-state index in [4.69, 9.17) is 0 Å². The number of benzene rings is 4. The van der Waals surface area contributed by atoms with Crippen LogP contribution in [0.25, 0.3) is 43.8 Å². The number of rotatable bonds is 4. The van der Waals surface area contributed by atoms with E-state index in [0.29, 0.717) is 0 Å². The van der Waals surface area contributed by atoms with E-state index in [-0.39, 0.29) is 29.3 Å². The summed E-state index contributed by atoms with van der Waals surface area (Å²) in [6.07, 6.45) is 0. The predicted octanol–water partition coefficient (Wildman–Crippen LogP) is 5.43. The van der Waals surface area contributed by atoms with Gasteiger partial charge in [-0.25, -0.2) is 0 Å². The summed E-state index contributed by atoms with van der Waals surface area (Å²) in [6, 6.07) is 43.1. The Morgan fingerprint density at radius 1 is 0.500 bits per heavy atom. The maximum atomic E-state index is 2.55. The minimum atomic E-state index is -0.692. The van der Waals surface area contributed by atoms with Crippen molar-refractivity contribution in [3.63, 3.8) is 0 Å². The van der Waals surface area contributed by atoms with Gasteiger partial charge < -0.3 is 24.8 Å². The normalized spacial score (nSPS) is 11.0. The Morgan fingerprint density at radius 3 is 1.14 bits per heavy atom. The van der Waals surface area contributed by atoms with Gasteiger partial charge in [0.2, 0.25) is 0 Å². The van der Waals surface area contributed by atoms with E-state index in [9.17, 15) is 0 Å². The minimum absolute atomic E-state index is 0. The standard InChI is InChI=1S/2C16H13.C6H18Si3.2ClH.Zr/c2*1-12-10-14-8-5-9-15(16(14)11-12)13-6-3-2-4-7-13;1-8(2,3)7-9(4,5)6;;;/h2*2-11H,1H3;1-6H3;2*1H;/q2*-1;;;;+2/p-2. The van der Waals surface area contributed by atoms with Gasteiger partial charge >= 0.3 is 82.3 Å². The quantitative estimate of drug-likeness (QED) is 0.167. The fourth-order valence-corrected chi connectivity index (χ4v) is 34.9. The fourth-order valence-electron chi connectivity index (χ4n) is 5.63. The van der Waals surface area contributed by atoms with Gasteiger partial charge in [-0.2, -0.15) is 12.1 Å². The van der Waals surface area contributed by atoms with Crippen LogP contribution in [0.2, 0.25) is 39.3 Å². The van der Waals surface area contributed by atoms with E-state index in [0.717, 1.165) is 0 Å². The second-order valence-electron chi connectivity index (χ2n) is 13.3. The monoisotopic (exact) mass is 744 g/mol. The number of hydrogen-bond donors (Lipinski definition) is 0. The average molecular weight is 747 g/mol. The molecule has 6 aromatic carbocycles. The Labute approximate surface area is 294 Å². The van der Waals surface area contributed by atoms with Crippen LogP contribution in [-0.4, -0.2) is 19.7 Å². The molecular formula is C38H44Cl2Si3Zr-2. The summed E-state index contributed by atoms with van der Waals surface area (Å²) in [4.78, 5) is 0. The molecule has 0 aliphatic carbocycles. The molecule has 0 unspecified atom stereocenters. The zero-order valence-electron chi connectivity index (χ0n) is 27.3. The fraction of sp³-hybridized carbons (Fsp3) is 0.211. The maximum Gasteiger partial charge on any atom is -0.0279 e. The second-order valence-corrected chi connectivity index (χ2v) is 47.6. The van der Waals surface area contributed by atoms with Crippen molar-refractivity contribution in [3.8, 4) is 22.3 Å². The number of hydrogen-bond acceptors (Lipinski definition) is 0. The summed E-state index contributed by atoms with van der Waals surface area (Å²) in [5.41, 5.74) is 7.89. The van der Waals surface area contributed by atoms with Crippen LogP contribution in [0.5, 0.6) is 0 Å². The number of fused-ring (bicyclic) bond motifs is 2. The van der Waals surface area contributed by atoms with Crippen molar-refractivity contribution in [1.82, 2.24) is 0 Å². The van der Waals surface area contributed by atoms with Crippen molar-refractivity contribution in [2.24, 2.45) is 0 Å². The van der Waals surface area contributed by atoms with Gasteiger partial charge in [0.15, 0.2) is 0 Å². The third-order valence-electron chi connectivity index (χ3n) is 7.46. The predicted molar refractivity (Wildman–Crippen MR) is 192 cm³/mol. The molecule has 0 aliphatic heterocycles. The van der Waals surface area contributed by atoms with Crippen LogP contribution in [0.1, 0.15) is 11.1 Å². The molecule has 0 saturated heterocycles. The van der Waals surface area contributed by atoms with Gasteiger partial charge in [-0.1, -0.05) is 97.8 Å². The van der Waals surface area contributed by atoms with Crippen molar-refractivity contribution in [3.05, 3.63) is 132 Å². The van der Waals surface area contributed by atoms with E-state index in [1.54, 1.807) is 0 Å². The maximum absolute atomic E-state index is 2.55. The molecule has 0 aromatic heterocycles. The van der Waals surface area contributed by atoms with Crippen molar-refractivity contribution < 1.29 is 48.1 Å². The topological polar surface area (TPSA) is 0 Å². The van der Waals surface area contributed by atoms with Crippen molar-refractivity contribution in [1.29, 1.82) is 0 Å².